The second kappa shape index (κ2) is 11.7. The van der Waals surface area contributed by atoms with Crippen molar-refractivity contribution in [3.05, 3.63) is 35.4 Å². The number of hydrogen-bond acceptors (Lipinski definition) is 6. The van der Waals surface area contributed by atoms with Gasteiger partial charge in [-0.3, -0.25) is 0 Å². The Kier molecular flexibility index (Phi) is 10.6. The van der Waals surface area contributed by atoms with E-state index in [0.29, 0.717) is 6.61 Å². The average molecular weight is 314 g/mol. The van der Waals surface area contributed by atoms with Gasteiger partial charge in [0.15, 0.2) is 0 Å². The Morgan fingerprint density at radius 1 is 1.14 bits per heavy atom. The molecular formula is C15H22O7. The molecule has 1 rings (SSSR count). The van der Waals surface area contributed by atoms with Crippen molar-refractivity contribution in [1.82, 2.24) is 0 Å². The molecule has 0 bridgehead atoms. The summed E-state index contributed by atoms with van der Waals surface area (Å²) < 4.78 is 4.96. The van der Waals surface area contributed by atoms with E-state index in [1.54, 1.807) is 12.1 Å². The highest BCUT2D eigenvalue weighted by Gasteiger charge is 2.16. The molecule has 0 radical (unpaired) electrons. The number of ether oxygens (including phenoxy) is 1. The summed E-state index contributed by atoms with van der Waals surface area (Å²) in [6.07, 6.45) is 0.750. The van der Waals surface area contributed by atoms with E-state index in [-0.39, 0.29) is 24.3 Å². The van der Waals surface area contributed by atoms with E-state index >= 15 is 0 Å². The van der Waals surface area contributed by atoms with Crippen LogP contribution >= 0.6 is 0 Å². The highest BCUT2D eigenvalue weighted by molar-refractivity contribution is 6.02. The van der Waals surface area contributed by atoms with Crippen molar-refractivity contribution in [3.63, 3.8) is 0 Å². The Bertz CT molecular complexity index is 455. The zero-order valence-electron chi connectivity index (χ0n) is 12.4. The monoisotopic (exact) mass is 314 g/mol. The molecule has 0 aliphatic carbocycles. The van der Waals surface area contributed by atoms with Crippen LogP contribution in [0.5, 0.6) is 0 Å². The molecule has 4 N–H and O–H groups in total. The normalized spacial score (nSPS) is 9.86. The molecule has 0 aliphatic rings. The summed E-state index contributed by atoms with van der Waals surface area (Å²) in [6, 6.07) is 6.03. The van der Waals surface area contributed by atoms with Crippen LogP contribution in [0.15, 0.2) is 24.3 Å². The van der Waals surface area contributed by atoms with Crippen molar-refractivity contribution in [2.24, 2.45) is 0 Å². The van der Waals surface area contributed by atoms with Crippen molar-refractivity contribution < 1.29 is 34.8 Å². The number of hydrogen-bond donors (Lipinski definition) is 4. The number of carbonyl (C=O) groups excluding carboxylic acids is 1. The van der Waals surface area contributed by atoms with Crippen LogP contribution in [0.3, 0.4) is 0 Å². The molecule has 1 aromatic rings. The van der Waals surface area contributed by atoms with Crippen LogP contribution in [0.1, 0.15) is 40.5 Å². The van der Waals surface area contributed by atoms with Gasteiger partial charge in [-0.1, -0.05) is 25.5 Å². The molecule has 0 saturated carbocycles. The van der Waals surface area contributed by atoms with Crippen LogP contribution in [-0.4, -0.2) is 58.3 Å². The zero-order chi connectivity index (χ0) is 17.0. The molecule has 0 atom stereocenters. The van der Waals surface area contributed by atoms with Crippen LogP contribution in [0.25, 0.3) is 0 Å². The Hall–Kier alpha value is -1.96. The number of aliphatic hydroxyl groups is 3. The summed E-state index contributed by atoms with van der Waals surface area (Å²) in [6.45, 7) is 1.58. The third kappa shape index (κ3) is 7.72. The number of esters is 1. The number of carboxylic acid groups (broad SMARTS) is 1. The smallest absolute Gasteiger partial charge is 0.339 e. The van der Waals surface area contributed by atoms with Gasteiger partial charge in [-0.2, -0.15) is 0 Å². The third-order valence-electron chi connectivity index (χ3n) is 2.53. The molecule has 0 spiro atoms. The van der Waals surface area contributed by atoms with Crippen LogP contribution < -0.4 is 0 Å². The highest BCUT2D eigenvalue weighted by atomic mass is 16.5. The fourth-order valence-electron chi connectivity index (χ4n) is 1.29. The molecule has 0 unspecified atom stereocenters. The number of aromatic carboxylic acids is 1. The second-order valence-electron chi connectivity index (χ2n) is 4.36. The van der Waals surface area contributed by atoms with Crippen molar-refractivity contribution in [1.29, 1.82) is 0 Å². The minimum absolute atomic E-state index is 0.0241. The van der Waals surface area contributed by atoms with Crippen molar-refractivity contribution in [2.45, 2.75) is 25.9 Å². The molecule has 124 valence electrons. The summed E-state index contributed by atoms with van der Waals surface area (Å²) in [5, 5.41) is 32.9. The lowest BCUT2D eigenvalue weighted by Gasteiger charge is -2.06. The van der Waals surface area contributed by atoms with Crippen LogP contribution in [-0.2, 0) is 4.74 Å². The lowest BCUT2D eigenvalue weighted by molar-refractivity contribution is 0.0450. The van der Waals surface area contributed by atoms with Crippen molar-refractivity contribution in [3.8, 4) is 0 Å². The van der Waals surface area contributed by atoms with Crippen LogP contribution in [0.2, 0.25) is 0 Å². The highest BCUT2D eigenvalue weighted by Crippen LogP contribution is 2.10. The maximum absolute atomic E-state index is 11.6. The predicted molar refractivity (Wildman–Crippen MR) is 78.8 cm³/mol. The summed E-state index contributed by atoms with van der Waals surface area (Å²) in [5.41, 5.74) is 0.0788. The standard InChI is InChI=1S/C12H14O4.C3H8O3/c1-2-3-8-16-12(15)10-7-5-4-6-9(10)11(13)14;4-1-3(6)2-5/h4-7H,2-3,8H2,1H3,(H,13,14);3-6H,1-2H2. The molecule has 0 aliphatic heterocycles. The first-order valence-electron chi connectivity index (χ1n) is 6.87. The first kappa shape index (κ1) is 20.0. The van der Waals surface area contributed by atoms with Gasteiger partial charge in [0, 0.05) is 0 Å². The lowest BCUT2D eigenvalue weighted by atomic mass is 10.1. The summed E-state index contributed by atoms with van der Waals surface area (Å²) in [5.74, 6) is -1.70. The van der Waals surface area contributed by atoms with Gasteiger partial charge in [0.05, 0.1) is 30.9 Å². The molecule has 7 heteroatoms. The Morgan fingerprint density at radius 3 is 2.09 bits per heavy atom. The lowest BCUT2D eigenvalue weighted by Crippen LogP contribution is -2.15. The zero-order valence-corrected chi connectivity index (χ0v) is 12.4. The molecule has 0 heterocycles. The number of aliphatic hydroxyl groups excluding tert-OH is 3. The fraction of sp³-hybridized carbons (Fsp3) is 0.467. The quantitative estimate of drug-likeness (QED) is 0.431. The van der Waals surface area contributed by atoms with Gasteiger partial charge in [0.1, 0.15) is 6.10 Å². The average Bonchev–Trinajstić information content (AvgIpc) is 2.54. The maximum Gasteiger partial charge on any atom is 0.339 e. The second-order valence-corrected chi connectivity index (χ2v) is 4.36. The molecule has 0 fully saturated rings. The minimum Gasteiger partial charge on any atom is -0.478 e. The topological polar surface area (TPSA) is 124 Å². The van der Waals surface area contributed by atoms with Gasteiger partial charge >= 0.3 is 11.9 Å². The van der Waals surface area contributed by atoms with Gasteiger partial charge in [-0.25, -0.2) is 9.59 Å². The number of carbonyl (C=O) groups is 2. The SMILES string of the molecule is CCCCOC(=O)c1ccccc1C(=O)O.OCC(O)CO. The van der Waals surface area contributed by atoms with Crippen molar-refractivity contribution in [2.75, 3.05) is 19.8 Å². The molecule has 0 aromatic heterocycles. The molecule has 22 heavy (non-hydrogen) atoms. The maximum atomic E-state index is 11.6. The molecule has 1 aromatic carbocycles. The molecule has 7 nitrogen and oxygen atoms in total. The van der Waals surface area contributed by atoms with E-state index in [9.17, 15) is 9.59 Å². The van der Waals surface area contributed by atoms with E-state index in [1.165, 1.54) is 12.1 Å². The molecule has 0 saturated heterocycles. The van der Waals surface area contributed by atoms with E-state index in [0.717, 1.165) is 12.8 Å². The number of rotatable bonds is 7. The molecule has 0 amide bonds. The van der Waals surface area contributed by atoms with E-state index in [2.05, 4.69) is 0 Å². The van der Waals surface area contributed by atoms with Gasteiger partial charge < -0.3 is 25.2 Å². The Labute approximate surface area is 128 Å². The van der Waals surface area contributed by atoms with Gasteiger partial charge in [-0.05, 0) is 18.6 Å². The Morgan fingerprint density at radius 2 is 1.68 bits per heavy atom. The molecular weight excluding hydrogens is 292 g/mol. The van der Waals surface area contributed by atoms with Crippen LogP contribution in [0.4, 0.5) is 0 Å². The van der Waals surface area contributed by atoms with Gasteiger partial charge in [-0.15, -0.1) is 0 Å². The van der Waals surface area contributed by atoms with Crippen LogP contribution in [0, 0.1) is 0 Å². The predicted octanol–water partition coefficient (Wildman–Crippen LogP) is 0.674. The first-order valence-corrected chi connectivity index (χ1v) is 6.87. The van der Waals surface area contributed by atoms with Gasteiger partial charge in [0.2, 0.25) is 0 Å². The minimum atomic E-state index is -1.12. The summed E-state index contributed by atoms with van der Waals surface area (Å²) in [4.78, 5) is 22.4. The number of benzene rings is 1. The Balaban J connectivity index is 0.000000626. The summed E-state index contributed by atoms with van der Waals surface area (Å²) >= 11 is 0. The van der Waals surface area contributed by atoms with E-state index in [1.807, 2.05) is 6.92 Å². The fourth-order valence-corrected chi connectivity index (χ4v) is 1.29. The van der Waals surface area contributed by atoms with Gasteiger partial charge in [0.25, 0.3) is 0 Å². The van der Waals surface area contributed by atoms with Crippen molar-refractivity contribution >= 4 is 11.9 Å². The van der Waals surface area contributed by atoms with E-state index in [4.69, 9.17) is 25.2 Å². The number of unbranched alkanes of at least 4 members (excludes halogenated alkanes) is 1. The number of carboxylic acids is 1. The summed E-state index contributed by atoms with van der Waals surface area (Å²) in [7, 11) is 0. The first-order chi connectivity index (χ1) is 10.5. The third-order valence-corrected chi connectivity index (χ3v) is 2.53. The van der Waals surface area contributed by atoms with E-state index < -0.39 is 18.0 Å². The largest absolute Gasteiger partial charge is 0.478 e.